The Labute approximate surface area is 220 Å². The fourth-order valence-corrected chi connectivity index (χ4v) is 4.97. The second-order valence-corrected chi connectivity index (χ2v) is 9.96. The predicted octanol–water partition coefficient (Wildman–Crippen LogP) is 5.08. The summed E-state index contributed by atoms with van der Waals surface area (Å²) in [6.07, 6.45) is -3.26. The number of benzene rings is 1. The number of methoxy groups -OCH3 is 1. The number of imidazole rings is 1. The van der Waals surface area contributed by atoms with Crippen LogP contribution < -0.4 is 5.32 Å². The molecule has 2 aromatic heterocycles. The first kappa shape index (κ1) is 28.4. The molecule has 2 heterocycles. The molecule has 0 radical (unpaired) electrons. The van der Waals surface area contributed by atoms with Gasteiger partial charge < -0.3 is 15.0 Å². The van der Waals surface area contributed by atoms with Crippen LogP contribution in [0.1, 0.15) is 86.0 Å². The molecule has 2 atom stereocenters. The van der Waals surface area contributed by atoms with Crippen LogP contribution in [0, 0.1) is 11.7 Å². The van der Waals surface area contributed by atoms with Crippen molar-refractivity contribution < 1.29 is 36.3 Å². The molecule has 2 unspecified atom stereocenters. The van der Waals surface area contributed by atoms with Crippen molar-refractivity contribution in [2.24, 2.45) is 5.92 Å². The molecule has 2 N–H and O–H groups in total. The van der Waals surface area contributed by atoms with Crippen molar-refractivity contribution in [1.82, 2.24) is 30.0 Å². The lowest BCUT2D eigenvalue weighted by Gasteiger charge is -2.33. The SMILES string of the molecule is COC(=O)C(CC(F)F)c1ccc2[nH]c(C(NC(=O)c3ncnn3C(C)C)C3CCC(F)(F)CC3)nc2c1F. The first-order chi connectivity index (χ1) is 18.4. The number of carbonyl (C=O) groups is 2. The van der Waals surface area contributed by atoms with Crippen molar-refractivity contribution in [3.05, 3.63) is 41.5 Å². The lowest BCUT2D eigenvalue weighted by Crippen LogP contribution is -2.38. The molecule has 212 valence electrons. The number of esters is 1. The second-order valence-electron chi connectivity index (χ2n) is 9.96. The summed E-state index contributed by atoms with van der Waals surface area (Å²) < 4.78 is 75.7. The quantitative estimate of drug-likeness (QED) is 0.281. The molecule has 0 bridgehead atoms. The summed E-state index contributed by atoms with van der Waals surface area (Å²) in [7, 11) is 1.02. The molecule has 1 aliphatic carbocycles. The predicted molar refractivity (Wildman–Crippen MR) is 129 cm³/mol. The van der Waals surface area contributed by atoms with Crippen LogP contribution in [0.4, 0.5) is 22.0 Å². The average molecular weight is 557 g/mol. The number of rotatable bonds is 9. The molecule has 14 heteroatoms. The summed E-state index contributed by atoms with van der Waals surface area (Å²) in [5.74, 6) is -7.37. The minimum atomic E-state index is -2.89. The number of aromatic nitrogens is 5. The Kier molecular flexibility index (Phi) is 8.21. The summed E-state index contributed by atoms with van der Waals surface area (Å²) in [5, 5.41) is 6.85. The number of nitrogens with one attached hydrogen (secondary N) is 2. The largest absolute Gasteiger partial charge is 0.469 e. The molecule has 0 spiro atoms. The third-order valence-electron chi connectivity index (χ3n) is 7.00. The summed E-state index contributed by atoms with van der Waals surface area (Å²) in [5.41, 5.74) is -0.371. The van der Waals surface area contributed by atoms with E-state index in [1.54, 1.807) is 13.8 Å². The average Bonchev–Trinajstić information content (AvgIpc) is 3.54. The summed E-state index contributed by atoms with van der Waals surface area (Å²) >= 11 is 0. The van der Waals surface area contributed by atoms with Crippen LogP contribution in [0.25, 0.3) is 11.0 Å². The van der Waals surface area contributed by atoms with Gasteiger partial charge in [-0.05, 0) is 38.7 Å². The molecule has 9 nitrogen and oxygen atoms in total. The lowest BCUT2D eigenvalue weighted by atomic mass is 9.81. The van der Waals surface area contributed by atoms with Crippen molar-refractivity contribution >= 4 is 22.9 Å². The van der Waals surface area contributed by atoms with Gasteiger partial charge in [0.25, 0.3) is 5.91 Å². The third-order valence-corrected chi connectivity index (χ3v) is 7.00. The van der Waals surface area contributed by atoms with Gasteiger partial charge >= 0.3 is 5.97 Å². The van der Waals surface area contributed by atoms with Gasteiger partial charge in [0.15, 0.2) is 5.82 Å². The molecule has 4 rings (SSSR count). The number of aromatic amines is 1. The van der Waals surface area contributed by atoms with Gasteiger partial charge in [-0.3, -0.25) is 9.59 Å². The molecule has 1 aliphatic rings. The van der Waals surface area contributed by atoms with Crippen molar-refractivity contribution in [2.45, 2.75) is 76.3 Å². The maximum absolute atomic E-state index is 15.6. The standard InChI is InChI=1S/C25H29F5N6O3/c1-12(2)36-22(31-11-32-36)23(37)35-19(13-6-8-25(29,30)9-7-13)21-33-16-5-4-14(18(28)20(16)34-21)15(10-17(26)27)24(38)39-3/h4-5,11-13,15,17,19H,6-10H2,1-3H3,(H,33,34)(H,35,37). The minimum Gasteiger partial charge on any atom is -0.469 e. The van der Waals surface area contributed by atoms with Gasteiger partial charge in [-0.2, -0.15) is 5.10 Å². The van der Waals surface area contributed by atoms with E-state index in [-0.39, 0.29) is 60.0 Å². The number of hydrogen-bond donors (Lipinski definition) is 2. The summed E-state index contributed by atoms with van der Waals surface area (Å²) in [4.78, 5) is 36.6. The molecule has 1 fully saturated rings. The minimum absolute atomic E-state index is 0.00800. The van der Waals surface area contributed by atoms with Crippen LogP contribution in [-0.2, 0) is 9.53 Å². The zero-order valence-electron chi connectivity index (χ0n) is 21.6. The highest BCUT2D eigenvalue weighted by molar-refractivity contribution is 5.91. The van der Waals surface area contributed by atoms with Gasteiger partial charge in [0.05, 0.1) is 24.6 Å². The van der Waals surface area contributed by atoms with E-state index in [0.29, 0.717) is 0 Å². The lowest BCUT2D eigenvalue weighted by molar-refractivity contribution is -0.143. The summed E-state index contributed by atoms with van der Waals surface area (Å²) in [6.45, 7) is 3.61. The Morgan fingerprint density at radius 1 is 1.23 bits per heavy atom. The van der Waals surface area contributed by atoms with E-state index in [1.807, 2.05) is 0 Å². The van der Waals surface area contributed by atoms with Crippen molar-refractivity contribution in [3.8, 4) is 0 Å². The van der Waals surface area contributed by atoms with E-state index in [4.69, 9.17) is 0 Å². The number of amides is 1. The fraction of sp³-hybridized carbons (Fsp3) is 0.560. The van der Waals surface area contributed by atoms with Crippen LogP contribution in [-0.4, -0.2) is 56.1 Å². The molecule has 1 aromatic carbocycles. The van der Waals surface area contributed by atoms with Crippen molar-refractivity contribution in [3.63, 3.8) is 0 Å². The van der Waals surface area contributed by atoms with E-state index in [0.717, 1.165) is 7.11 Å². The normalized spacial score (nSPS) is 17.5. The zero-order chi connectivity index (χ0) is 28.5. The fourth-order valence-electron chi connectivity index (χ4n) is 4.97. The number of H-pyrrole nitrogens is 1. The molecule has 0 saturated heterocycles. The van der Waals surface area contributed by atoms with Crippen LogP contribution >= 0.6 is 0 Å². The van der Waals surface area contributed by atoms with E-state index in [1.165, 1.54) is 23.1 Å². The smallest absolute Gasteiger partial charge is 0.313 e. The summed E-state index contributed by atoms with van der Waals surface area (Å²) in [6, 6.07) is 1.48. The molecule has 1 amide bonds. The molecule has 39 heavy (non-hydrogen) atoms. The Morgan fingerprint density at radius 3 is 2.54 bits per heavy atom. The number of fused-ring (bicyclic) bond motifs is 1. The van der Waals surface area contributed by atoms with Gasteiger partial charge in [-0.25, -0.2) is 36.6 Å². The first-order valence-electron chi connectivity index (χ1n) is 12.5. The number of halogens is 5. The van der Waals surface area contributed by atoms with Crippen LogP contribution in [0.5, 0.6) is 0 Å². The molecule has 1 saturated carbocycles. The number of hydrogen-bond acceptors (Lipinski definition) is 6. The van der Waals surface area contributed by atoms with Gasteiger partial charge in [0, 0.05) is 30.9 Å². The van der Waals surface area contributed by atoms with Gasteiger partial charge in [-0.1, -0.05) is 6.07 Å². The Hall–Kier alpha value is -3.58. The van der Waals surface area contributed by atoms with Gasteiger partial charge in [-0.15, -0.1) is 0 Å². The highest BCUT2D eigenvalue weighted by atomic mass is 19.3. The highest BCUT2D eigenvalue weighted by Gasteiger charge is 2.40. The van der Waals surface area contributed by atoms with Crippen LogP contribution in [0.2, 0.25) is 0 Å². The Bertz CT molecular complexity index is 1330. The Morgan fingerprint density at radius 2 is 1.92 bits per heavy atom. The van der Waals surface area contributed by atoms with Gasteiger partial charge in [0.1, 0.15) is 17.7 Å². The number of ether oxygens (including phenoxy) is 1. The van der Waals surface area contributed by atoms with Gasteiger partial charge in [0.2, 0.25) is 18.2 Å². The van der Waals surface area contributed by atoms with E-state index in [2.05, 4.69) is 30.1 Å². The maximum atomic E-state index is 15.6. The maximum Gasteiger partial charge on any atom is 0.313 e. The Balaban J connectivity index is 1.73. The van der Waals surface area contributed by atoms with Crippen LogP contribution in [0.3, 0.4) is 0 Å². The topological polar surface area (TPSA) is 115 Å². The van der Waals surface area contributed by atoms with Crippen molar-refractivity contribution in [1.29, 1.82) is 0 Å². The molecular formula is C25H29F5N6O3. The highest BCUT2D eigenvalue weighted by Crippen LogP contribution is 2.41. The van der Waals surface area contributed by atoms with Crippen LogP contribution in [0.15, 0.2) is 18.5 Å². The molecule has 0 aliphatic heterocycles. The number of nitrogens with zero attached hydrogens (tertiary/aromatic N) is 4. The third kappa shape index (κ3) is 6.04. The molecular weight excluding hydrogens is 527 g/mol. The van der Waals surface area contributed by atoms with Crippen molar-refractivity contribution in [2.75, 3.05) is 7.11 Å². The molecule has 3 aromatic rings. The van der Waals surface area contributed by atoms with E-state index >= 15 is 4.39 Å². The monoisotopic (exact) mass is 556 g/mol. The zero-order valence-corrected chi connectivity index (χ0v) is 21.6. The van der Waals surface area contributed by atoms with E-state index < -0.39 is 54.3 Å². The number of carbonyl (C=O) groups excluding carboxylic acids is 2. The number of alkyl halides is 4. The second kappa shape index (κ2) is 11.3. The van der Waals surface area contributed by atoms with E-state index in [9.17, 15) is 27.2 Å². The first-order valence-corrected chi connectivity index (χ1v) is 12.5.